The minimum Gasteiger partial charge on any atom is -0.467 e. The number of methoxy groups -OCH3 is 1. The van der Waals surface area contributed by atoms with Gasteiger partial charge >= 0.3 is 12.1 Å². The molecule has 2 amide bonds. The molecule has 0 saturated carbocycles. The van der Waals surface area contributed by atoms with E-state index < -0.39 is 32.4 Å². The second-order valence-corrected chi connectivity index (χ2v) is 12.9. The fourth-order valence-corrected chi connectivity index (χ4v) is 4.68. The Labute approximate surface area is 165 Å². The number of amides is 2. The maximum absolute atomic E-state index is 13.1. The highest BCUT2D eigenvalue weighted by atomic mass is 28.3. The zero-order valence-electron chi connectivity index (χ0n) is 18.3. The van der Waals surface area contributed by atoms with Crippen molar-refractivity contribution in [3.63, 3.8) is 0 Å². The Balaban J connectivity index is 5.69. The van der Waals surface area contributed by atoms with Gasteiger partial charge in [0.05, 0.1) is 13.7 Å². The van der Waals surface area contributed by atoms with Crippen LogP contribution >= 0.6 is 0 Å². The van der Waals surface area contributed by atoms with Gasteiger partial charge < -0.3 is 19.4 Å². The van der Waals surface area contributed by atoms with Crippen LogP contribution in [0.1, 0.15) is 53.4 Å². The van der Waals surface area contributed by atoms with E-state index >= 15 is 0 Å². The summed E-state index contributed by atoms with van der Waals surface area (Å²) < 4.78 is 11.7. The predicted molar refractivity (Wildman–Crippen MR) is 109 cm³/mol. The van der Waals surface area contributed by atoms with Crippen LogP contribution in [0.15, 0.2) is 0 Å². The Kier molecular flexibility index (Phi) is 11.3. The number of nitrogens with one attached hydrogen (secondary N) is 1. The van der Waals surface area contributed by atoms with Crippen LogP contribution in [-0.2, 0) is 19.1 Å². The van der Waals surface area contributed by atoms with E-state index in [2.05, 4.69) is 5.32 Å². The summed E-state index contributed by atoms with van der Waals surface area (Å²) in [7, 11) is -0.898. The number of hydrogen-bond donors (Lipinski definition) is 1. The molecule has 0 aliphatic rings. The number of esters is 1. The first-order valence-corrected chi connectivity index (χ1v) is 13.3. The van der Waals surface area contributed by atoms with Gasteiger partial charge in [0, 0.05) is 0 Å². The molecule has 0 heterocycles. The lowest BCUT2D eigenvalue weighted by Gasteiger charge is -2.40. The molecular weight excluding hydrogens is 364 g/mol. The van der Waals surface area contributed by atoms with Crippen LogP contribution in [0.3, 0.4) is 0 Å². The largest absolute Gasteiger partial charge is 0.467 e. The lowest BCUT2D eigenvalue weighted by atomic mass is 10.0. The molecule has 0 spiro atoms. The zero-order chi connectivity index (χ0) is 21.2. The summed E-state index contributed by atoms with van der Waals surface area (Å²) in [5, 5.41) is 2.82. The van der Waals surface area contributed by atoms with Gasteiger partial charge in [0.2, 0.25) is 5.91 Å². The number of hydrogen-bond acceptors (Lipinski definition) is 5. The highest BCUT2D eigenvalue weighted by molar-refractivity contribution is 6.75. The average Bonchev–Trinajstić information content (AvgIpc) is 2.55. The minimum absolute atomic E-state index is 0.196. The number of carbonyl (C=O) groups excluding carboxylic acids is 3. The van der Waals surface area contributed by atoms with E-state index in [-0.39, 0.29) is 18.4 Å². The molecule has 0 unspecified atom stereocenters. The van der Waals surface area contributed by atoms with Crippen LogP contribution < -0.4 is 5.32 Å². The van der Waals surface area contributed by atoms with Gasteiger partial charge in [-0.3, -0.25) is 4.79 Å². The van der Waals surface area contributed by atoms with E-state index in [1.807, 2.05) is 40.4 Å². The number of ether oxygens (including phenoxy) is 2. The van der Waals surface area contributed by atoms with Crippen LogP contribution in [0.5, 0.6) is 0 Å². The van der Waals surface area contributed by atoms with E-state index in [0.29, 0.717) is 12.8 Å². The Morgan fingerprint density at radius 3 is 2.11 bits per heavy atom. The van der Waals surface area contributed by atoms with Gasteiger partial charge in [-0.15, -0.1) is 0 Å². The smallest absolute Gasteiger partial charge is 0.402 e. The van der Waals surface area contributed by atoms with Gasteiger partial charge in [-0.25, -0.2) is 9.59 Å². The number of unbranched alkanes of at least 4 members (excludes halogenated alkanes) is 1. The molecule has 0 saturated heterocycles. The maximum atomic E-state index is 13.1. The molecule has 0 aromatic carbocycles. The van der Waals surface area contributed by atoms with Gasteiger partial charge in [-0.05, 0) is 25.7 Å². The van der Waals surface area contributed by atoms with Crippen molar-refractivity contribution in [2.45, 2.75) is 85.1 Å². The van der Waals surface area contributed by atoms with Gasteiger partial charge in [-0.1, -0.05) is 53.3 Å². The van der Waals surface area contributed by atoms with Crippen molar-refractivity contribution < 1.29 is 23.9 Å². The van der Waals surface area contributed by atoms with E-state index in [1.54, 1.807) is 11.5 Å². The molecule has 0 aromatic rings. The van der Waals surface area contributed by atoms with Gasteiger partial charge in [0.15, 0.2) is 8.24 Å². The van der Waals surface area contributed by atoms with Gasteiger partial charge in [0.25, 0.3) is 0 Å². The molecule has 8 heteroatoms. The first-order valence-electron chi connectivity index (χ1n) is 9.83. The highest BCUT2D eigenvalue weighted by Crippen LogP contribution is 2.21. The Hall–Kier alpha value is -1.57. The highest BCUT2D eigenvalue weighted by Gasteiger charge is 2.40. The SMILES string of the molecule is CCCC[C@H](NC(=O)[C@H](CC(C)C)N(C(=O)OCC)[Si](C)(C)C)C(=O)OC. The van der Waals surface area contributed by atoms with Crippen LogP contribution in [-0.4, -0.2) is 56.6 Å². The summed E-state index contributed by atoms with van der Waals surface area (Å²) in [5.41, 5.74) is 0. The van der Waals surface area contributed by atoms with Crippen molar-refractivity contribution in [1.82, 2.24) is 9.88 Å². The van der Waals surface area contributed by atoms with Crippen LogP contribution in [0.4, 0.5) is 4.79 Å². The van der Waals surface area contributed by atoms with Crippen molar-refractivity contribution in [3.8, 4) is 0 Å². The molecule has 27 heavy (non-hydrogen) atoms. The number of carbonyl (C=O) groups is 3. The van der Waals surface area contributed by atoms with Crippen LogP contribution in [0, 0.1) is 5.92 Å². The normalized spacial score (nSPS) is 13.7. The summed E-state index contributed by atoms with van der Waals surface area (Å²) in [5.74, 6) is -0.595. The molecular formula is C19H38N2O5Si. The molecule has 0 rings (SSSR count). The van der Waals surface area contributed by atoms with Crippen molar-refractivity contribution >= 4 is 26.2 Å². The molecule has 0 bridgehead atoms. The number of nitrogens with zero attached hydrogens (tertiary/aromatic N) is 1. The first-order chi connectivity index (χ1) is 12.5. The lowest BCUT2D eigenvalue weighted by molar-refractivity contribution is -0.145. The molecule has 0 fully saturated rings. The quantitative estimate of drug-likeness (QED) is 0.422. The molecule has 158 valence electrons. The minimum atomic E-state index is -2.21. The van der Waals surface area contributed by atoms with Crippen LogP contribution in [0.25, 0.3) is 0 Å². The molecule has 0 radical (unpaired) electrons. The molecule has 0 aliphatic carbocycles. The second-order valence-electron chi connectivity index (χ2n) is 8.11. The summed E-state index contributed by atoms with van der Waals surface area (Å²) in [4.78, 5) is 37.8. The summed E-state index contributed by atoms with van der Waals surface area (Å²) >= 11 is 0. The molecule has 0 aliphatic heterocycles. The average molecular weight is 403 g/mol. The van der Waals surface area contributed by atoms with E-state index in [0.717, 1.165) is 12.8 Å². The fraction of sp³-hybridized carbons (Fsp3) is 0.842. The van der Waals surface area contributed by atoms with E-state index in [4.69, 9.17) is 9.47 Å². The Morgan fingerprint density at radius 2 is 1.70 bits per heavy atom. The summed E-state index contributed by atoms with van der Waals surface area (Å²) in [6.07, 6.45) is 2.24. The standard InChI is InChI=1S/C19H38N2O5Si/c1-9-11-12-15(18(23)25-5)20-17(22)16(13-14(3)4)21(27(6,7)8)19(24)26-10-2/h14-16H,9-13H2,1-8H3,(H,20,22)/t15-,16-/m0/s1. The monoisotopic (exact) mass is 402 g/mol. The third-order valence-corrected chi connectivity index (χ3v) is 6.08. The van der Waals surface area contributed by atoms with Crippen molar-refractivity contribution in [3.05, 3.63) is 0 Å². The fourth-order valence-electron chi connectivity index (χ4n) is 2.91. The molecule has 7 nitrogen and oxygen atoms in total. The lowest BCUT2D eigenvalue weighted by Crippen LogP contribution is -2.61. The van der Waals surface area contributed by atoms with Crippen LogP contribution in [0.2, 0.25) is 19.6 Å². The van der Waals surface area contributed by atoms with Crippen molar-refractivity contribution in [2.24, 2.45) is 5.92 Å². The van der Waals surface area contributed by atoms with Gasteiger partial charge in [0.1, 0.15) is 12.1 Å². The van der Waals surface area contributed by atoms with Crippen molar-refractivity contribution in [1.29, 1.82) is 0 Å². The Bertz CT molecular complexity index is 491. The topological polar surface area (TPSA) is 84.9 Å². The zero-order valence-corrected chi connectivity index (χ0v) is 19.3. The molecule has 1 N–H and O–H groups in total. The van der Waals surface area contributed by atoms with E-state index in [9.17, 15) is 14.4 Å². The third kappa shape index (κ3) is 8.77. The molecule has 2 atom stereocenters. The summed E-state index contributed by atoms with van der Waals surface area (Å²) in [6, 6.07) is -1.38. The van der Waals surface area contributed by atoms with Gasteiger partial charge in [-0.2, -0.15) is 0 Å². The summed E-state index contributed by atoms with van der Waals surface area (Å²) in [6.45, 7) is 14.0. The first kappa shape index (κ1) is 25.4. The van der Waals surface area contributed by atoms with E-state index in [1.165, 1.54) is 7.11 Å². The Morgan fingerprint density at radius 1 is 1.11 bits per heavy atom. The maximum Gasteiger partial charge on any atom is 0.402 e. The van der Waals surface area contributed by atoms with Crippen molar-refractivity contribution in [2.75, 3.05) is 13.7 Å². The number of rotatable bonds is 11. The second kappa shape index (κ2) is 12.0. The predicted octanol–water partition coefficient (Wildman–Crippen LogP) is 3.54. The third-order valence-electron chi connectivity index (χ3n) is 4.14. The molecule has 0 aromatic heterocycles.